The summed E-state index contributed by atoms with van der Waals surface area (Å²) in [6, 6.07) is 0.320. The van der Waals surface area contributed by atoms with Crippen molar-refractivity contribution in [2.45, 2.75) is 25.8 Å². The molecule has 2 rings (SSSR count). The van der Waals surface area contributed by atoms with Crippen molar-refractivity contribution in [2.75, 3.05) is 24.7 Å². The SMILES string of the molecule is C[C@@H]1CSCN1C(=O)CN1CCCC1=O. The first-order valence-corrected chi connectivity index (χ1v) is 6.49. The highest BCUT2D eigenvalue weighted by molar-refractivity contribution is 7.99. The predicted octanol–water partition coefficient (Wildman–Crippen LogP) is 0.530. The van der Waals surface area contributed by atoms with Crippen LogP contribution in [0.1, 0.15) is 19.8 Å². The van der Waals surface area contributed by atoms with Crippen LogP contribution >= 0.6 is 11.8 Å². The third-order valence-electron chi connectivity index (χ3n) is 2.94. The summed E-state index contributed by atoms with van der Waals surface area (Å²) in [6.07, 6.45) is 1.51. The molecule has 0 spiro atoms. The Bertz CT molecular complexity index is 283. The van der Waals surface area contributed by atoms with Crippen molar-refractivity contribution in [1.82, 2.24) is 9.80 Å². The number of hydrogen-bond donors (Lipinski definition) is 0. The summed E-state index contributed by atoms with van der Waals surface area (Å²) < 4.78 is 0. The van der Waals surface area contributed by atoms with Gasteiger partial charge in [0.05, 0.1) is 12.4 Å². The van der Waals surface area contributed by atoms with Crippen molar-refractivity contribution in [2.24, 2.45) is 0 Å². The van der Waals surface area contributed by atoms with Gasteiger partial charge in [-0.25, -0.2) is 0 Å². The Balaban J connectivity index is 1.88. The minimum absolute atomic E-state index is 0.0998. The van der Waals surface area contributed by atoms with Crippen LogP contribution in [0.5, 0.6) is 0 Å². The van der Waals surface area contributed by atoms with Crippen molar-refractivity contribution < 1.29 is 9.59 Å². The molecule has 15 heavy (non-hydrogen) atoms. The first-order chi connectivity index (χ1) is 7.18. The molecule has 2 aliphatic rings. The maximum atomic E-state index is 11.9. The molecule has 4 nitrogen and oxygen atoms in total. The molecule has 2 saturated heterocycles. The molecular formula is C10H16N2O2S. The molecule has 0 aromatic carbocycles. The van der Waals surface area contributed by atoms with Crippen LogP contribution in [0.15, 0.2) is 0 Å². The minimum Gasteiger partial charge on any atom is -0.333 e. The van der Waals surface area contributed by atoms with Crippen molar-refractivity contribution in [1.29, 1.82) is 0 Å². The van der Waals surface area contributed by atoms with Gasteiger partial charge < -0.3 is 9.80 Å². The van der Waals surface area contributed by atoms with Gasteiger partial charge in [0, 0.05) is 24.8 Å². The minimum atomic E-state index is 0.0998. The summed E-state index contributed by atoms with van der Waals surface area (Å²) >= 11 is 1.78. The van der Waals surface area contributed by atoms with E-state index in [0.717, 1.165) is 24.6 Å². The number of carbonyl (C=O) groups excluding carboxylic acids is 2. The van der Waals surface area contributed by atoms with Crippen molar-refractivity contribution >= 4 is 23.6 Å². The van der Waals surface area contributed by atoms with Crippen LogP contribution in [0.25, 0.3) is 0 Å². The summed E-state index contributed by atoms with van der Waals surface area (Å²) in [5.41, 5.74) is 0. The fraction of sp³-hybridized carbons (Fsp3) is 0.800. The van der Waals surface area contributed by atoms with Gasteiger partial charge in [-0.15, -0.1) is 11.8 Å². The molecule has 2 amide bonds. The Kier molecular flexibility index (Phi) is 3.19. The Morgan fingerprint density at radius 2 is 2.40 bits per heavy atom. The van der Waals surface area contributed by atoms with Crippen LogP contribution in [-0.4, -0.2) is 52.4 Å². The molecule has 5 heteroatoms. The molecule has 2 heterocycles. The van der Waals surface area contributed by atoms with Gasteiger partial charge in [-0.3, -0.25) is 9.59 Å². The van der Waals surface area contributed by atoms with E-state index in [1.54, 1.807) is 16.7 Å². The van der Waals surface area contributed by atoms with Crippen LogP contribution in [0.4, 0.5) is 0 Å². The highest BCUT2D eigenvalue weighted by Crippen LogP contribution is 2.21. The van der Waals surface area contributed by atoms with Crippen LogP contribution < -0.4 is 0 Å². The summed E-state index contributed by atoms with van der Waals surface area (Å²) in [4.78, 5) is 26.8. The number of thioether (sulfide) groups is 1. The van der Waals surface area contributed by atoms with Gasteiger partial charge in [-0.05, 0) is 13.3 Å². The van der Waals surface area contributed by atoms with Gasteiger partial charge in [-0.1, -0.05) is 0 Å². The second-order valence-electron chi connectivity index (χ2n) is 4.13. The first-order valence-electron chi connectivity index (χ1n) is 5.33. The molecule has 1 atom stereocenters. The molecule has 0 aliphatic carbocycles. The zero-order valence-electron chi connectivity index (χ0n) is 8.94. The average Bonchev–Trinajstić information content (AvgIpc) is 2.76. The molecule has 0 unspecified atom stereocenters. The van der Waals surface area contributed by atoms with Crippen LogP contribution in [0, 0.1) is 0 Å². The van der Waals surface area contributed by atoms with Gasteiger partial charge >= 0.3 is 0 Å². The molecule has 0 radical (unpaired) electrons. The molecule has 84 valence electrons. The first kappa shape index (κ1) is 10.8. The largest absolute Gasteiger partial charge is 0.333 e. The van der Waals surface area contributed by atoms with Crippen LogP contribution in [0.2, 0.25) is 0 Å². The van der Waals surface area contributed by atoms with Crippen LogP contribution in [0.3, 0.4) is 0 Å². The van der Waals surface area contributed by atoms with E-state index in [4.69, 9.17) is 0 Å². The fourth-order valence-electron chi connectivity index (χ4n) is 1.98. The number of likely N-dealkylation sites (tertiary alicyclic amines) is 1. The van der Waals surface area contributed by atoms with Gasteiger partial charge in [0.15, 0.2) is 0 Å². The predicted molar refractivity (Wildman–Crippen MR) is 59.4 cm³/mol. The lowest BCUT2D eigenvalue weighted by Crippen LogP contribution is -2.42. The van der Waals surface area contributed by atoms with E-state index in [2.05, 4.69) is 6.92 Å². The topological polar surface area (TPSA) is 40.6 Å². The quantitative estimate of drug-likeness (QED) is 0.692. The number of amides is 2. The second kappa shape index (κ2) is 4.43. The van der Waals surface area contributed by atoms with E-state index >= 15 is 0 Å². The zero-order valence-corrected chi connectivity index (χ0v) is 9.76. The van der Waals surface area contributed by atoms with E-state index in [1.807, 2.05) is 4.90 Å². The summed E-state index contributed by atoms with van der Waals surface area (Å²) in [5.74, 6) is 2.02. The molecule has 0 saturated carbocycles. The summed E-state index contributed by atoms with van der Waals surface area (Å²) in [7, 11) is 0. The Morgan fingerprint density at radius 3 is 2.93 bits per heavy atom. The lowest BCUT2D eigenvalue weighted by Gasteiger charge is -2.23. The number of hydrogen-bond acceptors (Lipinski definition) is 3. The average molecular weight is 228 g/mol. The maximum absolute atomic E-state index is 11.9. The molecule has 0 N–H and O–H groups in total. The van der Waals surface area contributed by atoms with Gasteiger partial charge in [0.25, 0.3) is 0 Å². The smallest absolute Gasteiger partial charge is 0.243 e. The highest BCUT2D eigenvalue weighted by Gasteiger charge is 2.29. The van der Waals surface area contributed by atoms with E-state index < -0.39 is 0 Å². The fourth-order valence-corrected chi connectivity index (χ4v) is 3.20. The molecular weight excluding hydrogens is 212 g/mol. The van der Waals surface area contributed by atoms with Crippen LogP contribution in [-0.2, 0) is 9.59 Å². The van der Waals surface area contributed by atoms with E-state index in [1.165, 1.54) is 0 Å². The second-order valence-corrected chi connectivity index (χ2v) is 5.13. The van der Waals surface area contributed by atoms with Gasteiger partial charge in [0.1, 0.15) is 0 Å². The normalized spacial score (nSPS) is 26.5. The molecule has 2 fully saturated rings. The number of nitrogens with zero attached hydrogens (tertiary/aromatic N) is 2. The van der Waals surface area contributed by atoms with Gasteiger partial charge in [0.2, 0.25) is 11.8 Å². The van der Waals surface area contributed by atoms with Crippen molar-refractivity contribution in [3.8, 4) is 0 Å². The summed E-state index contributed by atoms with van der Waals surface area (Å²) in [6.45, 7) is 3.09. The number of carbonyl (C=O) groups is 2. The van der Waals surface area contributed by atoms with Crippen molar-refractivity contribution in [3.63, 3.8) is 0 Å². The van der Waals surface area contributed by atoms with E-state index in [0.29, 0.717) is 12.5 Å². The maximum Gasteiger partial charge on any atom is 0.243 e. The summed E-state index contributed by atoms with van der Waals surface area (Å²) in [5, 5.41) is 0. The molecule has 0 bridgehead atoms. The lowest BCUT2D eigenvalue weighted by atomic mass is 10.3. The Morgan fingerprint density at radius 1 is 1.60 bits per heavy atom. The Labute approximate surface area is 94.0 Å². The van der Waals surface area contributed by atoms with Gasteiger partial charge in [-0.2, -0.15) is 0 Å². The lowest BCUT2D eigenvalue weighted by molar-refractivity contribution is -0.138. The van der Waals surface area contributed by atoms with E-state index in [-0.39, 0.29) is 18.4 Å². The van der Waals surface area contributed by atoms with Crippen molar-refractivity contribution in [3.05, 3.63) is 0 Å². The third kappa shape index (κ3) is 2.27. The molecule has 2 aliphatic heterocycles. The molecule has 0 aromatic rings. The standard InChI is InChI=1S/C10H16N2O2S/c1-8-6-15-7-12(8)10(14)5-11-4-2-3-9(11)13/h8H,2-7H2,1H3/t8-/m1/s1. The zero-order chi connectivity index (χ0) is 10.8. The monoisotopic (exact) mass is 228 g/mol. The highest BCUT2D eigenvalue weighted by atomic mass is 32.2. The Hall–Kier alpha value is -0.710. The van der Waals surface area contributed by atoms with E-state index in [9.17, 15) is 9.59 Å². The third-order valence-corrected chi connectivity index (χ3v) is 4.12. The number of rotatable bonds is 2. The molecule has 0 aromatic heterocycles.